The van der Waals surface area contributed by atoms with Crippen LogP contribution in [0.2, 0.25) is 0 Å². The molecule has 1 amide bonds. The van der Waals surface area contributed by atoms with Gasteiger partial charge in [0.25, 0.3) is 5.91 Å². The normalized spacial score (nSPS) is 11.9. The Morgan fingerprint density at radius 3 is 2.85 bits per heavy atom. The van der Waals surface area contributed by atoms with Crippen molar-refractivity contribution in [3.05, 3.63) is 65.5 Å². The second-order valence-corrected chi connectivity index (χ2v) is 4.13. The number of aliphatic hydroxyl groups excluding tert-OH is 1. The number of nitrogens with one attached hydrogen (secondary N) is 1. The van der Waals surface area contributed by atoms with Gasteiger partial charge in [-0.05, 0) is 30.3 Å². The summed E-state index contributed by atoms with van der Waals surface area (Å²) in [6.45, 7) is -0.228. The molecule has 0 saturated carbocycles. The summed E-state index contributed by atoms with van der Waals surface area (Å²) >= 11 is 0. The minimum atomic E-state index is -1.33. The highest BCUT2D eigenvalue weighted by Crippen LogP contribution is 2.17. The minimum Gasteiger partial charge on any atom is -0.386 e. The second-order valence-electron chi connectivity index (χ2n) is 4.13. The number of aromatic nitrogens is 1. The lowest BCUT2D eigenvalue weighted by molar-refractivity contribution is 0.0913. The van der Waals surface area contributed by atoms with Crippen LogP contribution in [0.4, 0.5) is 8.78 Å². The molecule has 1 atom stereocenters. The van der Waals surface area contributed by atoms with E-state index in [9.17, 15) is 18.7 Å². The molecule has 2 aromatic rings. The van der Waals surface area contributed by atoms with E-state index in [0.717, 1.165) is 18.2 Å². The topological polar surface area (TPSA) is 62.2 Å². The molecule has 0 aliphatic carbocycles. The number of carbonyl (C=O) groups excluding carboxylic acids is 1. The van der Waals surface area contributed by atoms with Crippen molar-refractivity contribution in [2.45, 2.75) is 6.10 Å². The zero-order valence-electron chi connectivity index (χ0n) is 10.4. The maximum absolute atomic E-state index is 13.4. The number of benzene rings is 1. The fraction of sp³-hybridized carbons (Fsp3) is 0.143. The molecule has 1 aromatic carbocycles. The number of aliphatic hydroxyl groups is 1. The maximum atomic E-state index is 13.4. The molecule has 0 saturated heterocycles. The van der Waals surface area contributed by atoms with E-state index in [2.05, 4.69) is 10.3 Å². The van der Waals surface area contributed by atoms with E-state index >= 15 is 0 Å². The largest absolute Gasteiger partial charge is 0.386 e. The molecule has 0 radical (unpaired) electrons. The molecule has 0 aliphatic rings. The molecule has 4 nitrogen and oxygen atoms in total. The Morgan fingerprint density at radius 1 is 1.35 bits per heavy atom. The van der Waals surface area contributed by atoms with Gasteiger partial charge < -0.3 is 10.4 Å². The summed E-state index contributed by atoms with van der Waals surface area (Å²) in [6, 6.07) is 5.93. The molecular weight excluding hydrogens is 266 g/mol. The van der Waals surface area contributed by atoms with Gasteiger partial charge in [0.1, 0.15) is 11.6 Å². The molecule has 0 bridgehead atoms. The number of amides is 1. The summed E-state index contributed by atoms with van der Waals surface area (Å²) in [6.07, 6.45) is 1.56. The average Bonchev–Trinajstić information content (AvgIpc) is 2.47. The van der Waals surface area contributed by atoms with Crippen LogP contribution >= 0.6 is 0 Å². The highest BCUT2D eigenvalue weighted by atomic mass is 19.1. The third kappa shape index (κ3) is 3.36. The Labute approximate surface area is 114 Å². The van der Waals surface area contributed by atoms with Gasteiger partial charge in [0.05, 0.1) is 11.7 Å². The van der Waals surface area contributed by atoms with Gasteiger partial charge in [-0.15, -0.1) is 0 Å². The molecule has 104 valence electrons. The SMILES string of the molecule is O=C(NCC(O)c1cc(F)ccc1F)c1cccnc1. The average molecular weight is 278 g/mol. The van der Waals surface area contributed by atoms with Crippen molar-refractivity contribution in [1.29, 1.82) is 0 Å². The van der Waals surface area contributed by atoms with Crippen LogP contribution in [-0.4, -0.2) is 22.5 Å². The van der Waals surface area contributed by atoms with Gasteiger partial charge in [-0.1, -0.05) is 0 Å². The Morgan fingerprint density at radius 2 is 2.15 bits per heavy atom. The molecule has 2 N–H and O–H groups in total. The number of rotatable bonds is 4. The first-order chi connectivity index (χ1) is 9.58. The number of pyridine rings is 1. The summed E-state index contributed by atoms with van der Waals surface area (Å²) in [5.74, 6) is -1.83. The van der Waals surface area contributed by atoms with Crippen LogP contribution in [0.5, 0.6) is 0 Å². The first-order valence-electron chi connectivity index (χ1n) is 5.89. The summed E-state index contributed by atoms with van der Waals surface area (Å²) < 4.78 is 26.4. The quantitative estimate of drug-likeness (QED) is 0.896. The minimum absolute atomic E-state index is 0.198. The fourth-order valence-corrected chi connectivity index (χ4v) is 1.67. The van der Waals surface area contributed by atoms with E-state index in [1.807, 2.05) is 0 Å². The van der Waals surface area contributed by atoms with Gasteiger partial charge >= 0.3 is 0 Å². The van der Waals surface area contributed by atoms with E-state index in [1.54, 1.807) is 12.1 Å². The van der Waals surface area contributed by atoms with Crippen molar-refractivity contribution in [3.8, 4) is 0 Å². The molecule has 2 rings (SSSR count). The first-order valence-corrected chi connectivity index (χ1v) is 5.89. The predicted molar refractivity (Wildman–Crippen MR) is 67.9 cm³/mol. The van der Waals surface area contributed by atoms with Crippen LogP contribution in [0.1, 0.15) is 22.0 Å². The molecule has 0 aliphatic heterocycles. The molecule has 1 heterocycles. The van der Waals surface area contributed by atoms with E-state index in [0.29, 0.717) is 5.56 Å². The molecule has 1 unspecified atom stereocenters. The van der Waals surface area contributed by atoms with Crippen LogP contribution in [-0.2, 0) is 0 Å². The lowest BCUT2D eigenvalue weighted by atomic mass is 10.1. The van der Waals surface area contributed by atoms with E-state index in [-0.39, 0.29) is 12.1 Å². The Kier molecular flexibility index (Phi) is 4.37. The van der Waals surface area contributed by atoms with Crippen molar-refractivity contribution in [3.63, 3.8) is 0 Å². The molecule has 0 fully saturated rings. The van der Waals surface area contributed by atoms with Crippen molar-refractivity contribution < 1.29 is 18.7 Å². The number of carbonyl (C=O) groups is 1. The van der Waals surface area contributed by atoms with Crippen LogP contribution in [0, 0.1) is 11.6 Å². The highest BCUT2D eigenvalue weighted by Gasteiger charge is 2.15. The maximum Gasteiger partial charge on any atom is 0.252 e. The van der Waals surface area contributed by atoms with Crippen molar-refractivity contribution in [2.75, 3.05) is 6.54 Å². The second kappa shape index (κ2) is 6.21. The highest BCUT2D eigenvalue weighted by molar-refractivity contribution is 5.93. The summed E-state index contributed by atoms with van der Waals surface area (Å²) in [7, 11) is 0. The smallest absolute Gasteiger partial charge is 0.252 e. The Hall–Kier alpha value is -2.34. The summed E-state index contributed by atoms with van der Waals surface area (Å²) in [5.41, 5.74) is 0.121. The summed E-state index contributed by atoms with van der Waals surface area (Å²) in [4.78, 5) is 15.5. The van der Waals surface area contributed by atoms with Crippen molar-refractivity contribution in [2.24, 2.45) is 0 Å². The van der Waals surface area contributed by atoms with E-state index in [1.165, 1.54) is 12.4 Å². The van der Waals surface area contributed by atoms with Gasteiger partial charge in [0.2, 0.25) is 0 Å². The van der Waals surface area contributed by atoms with Crippen molar-refractivity contribution in [1.82, 2.24) is 10.3 Å². The van der Waals surface area contributed by atoms with Gasteiger partial charge in [-0.3, -0.25) is 9.78 Å². The predicted octanol–water partition coefficient (Wildman–Crippen LogP) is 1.82. The van der Waals surface area contributed by atoms with E-state index < -0.39 is 23.6 Å². The third-order valence-corrected chi connectivity index (χ3v) is 2.70. The summed E-state index contributed by atoms with van der Waals surface area (Å²) in [5, 5.41) is 12.2. The van der Waals surface area contributed by atoms with Gasteiger partial charge in [-0.25, -0.2) is 8.78 Å². The standard InChI is InChI=1S/C14H12F2N2O2/c15-10-3-4-12(16)11(6-10)13(19)8-18-14(20)9-2-1-5-17-7-9/h1-7,13,19H,8H2,(H,18,20). The van der Waals surface area contributed by atoms with Crippen molar-refractivity contribution >= 4 is 5.91 Å². The fourth-order valence-electron chi connectivity index (χ4n) is 1.67. The Bertz CT molecular complexity index is 605. The lowest BCUT2D eigenvalue weighted by Gasteiger charge is -2.13. The number of hydrogen-bond donors (Lipinski definition) is 2. The van der Waals surface area contributed by atoms with E-state index in [4.69, 9.17) is 0 Å². The van der Waals surface area contributed by atoms with Gasteiger partial charge in [0.15, 0.2) is 0 Å². The Balaban J connectivity index is 2.00. The third-order valence-electron chi connectivity index (χ3n) is 2.70. The van der Waals surface area contributed by atoms with Crippen LogP contribution < -0.4 is 5.32 Å². The first kappa shape index (κ1) is 14.1. The van der Waals surface area contributed by atoms with Crippen LogP contribution in [0.3, 0.4) is 0 Å². The monoisotopic (exact) mass is 278 g/mol. The van der Waals surface area contributed by atoms with Crippen LogP contribution in [0.25, 0.3) is 0 Å². The zero-order valence-corrected chi connectivity index (χ0v) is 10.4. The lowest BCUT2D eigenvalue weighted by Crippen LogP contribution is -2.28. The molecule has 20 heavy (non-hydrogen) atoms. The van der Waals surface area contributed by atoms with Crippen LogP contribution in [0.15, 0.2) is 42.7 Å². The number of hydrogen-bond acceptors (Lipinski definition) is 3. The number of nitrogens with zero attached hydrogens (tertiary/aromatic N) is 1. The molecule has 6 heteroatoms. The molecule has 1 aromatic heterocycles. The zero-order chi connectivity index (χ0) is 14.5. The van der Waals surface area contributed by atoms with Gasteiger partial charge in [0, 0.05) is 24.5 Å². The molecule has 0 spiro atoms. The molecular formula is C14H12F2N2O2. The number of halogens is 2. The van der Waals surface area contributed by atoms with Gasteiger partial charge in [-0.2, -0.15) is 0 Å².